The maximum Gasteiger partial charge on any atom is 0.160 e. The lowest BCUT2D eigenvalue weighted by Crippen LogP contribution is -2.37. The van der Waals surface area contributed by atoms with Crippen LogP contribution in [-0.4, -0.2) is 38.5 Å². The number of hydrogen-bond donors (Lipinski definition) is 0. The van der Waals surface area contributed by atoms with Crippen LogP contribution in [0.3, 0.4) is 0 Å². The molecule has 1 saturated heterocycles. The van der Waals surface area contributed by atoms with Crippen LogP contribution in [0.5, 0.6) is 0 Å². The molecular formula is C8H17NO2S. The maximum atomic E-state index is 11.0. The minimum atomic E-state index is -2.82. The van der Waals surface area contributed by atoms with Crippen molar-refractivity contribution >= 4 is 9.84 Å². The van der Waals surface area contributed by atoms with Crippen LogP contribution < -0.4 is 0 Å². The van der Waals surface area contributed by atoms with Gasteiger partial charge in [-0.25, -0.2) is 8.42 Å². The fourth-order valence-electron chi connectivity index (χ4n) is 1.74. The third kappa shape index (κ3) is 3.54. The van der Waals surface area contributed by atoms with Gasteiger partial charge in [0.2, 0.25) is 0 Å². The predicted octanol–water partition coefficient (Wildman–Crippen LogP) is 0.720. The lowest BCUT2D eigenvalue weighted by Gasteiger charge is -2.29. The second-order valence-electron chi connectivity index (χ2n) is 3.88. The molecular weight excluding hydrogens is 174 g/mol. The second kappa shape index (κ2) is 3.75. The zero-order chi connectivity index (χ0) is 9.19. The van der Waals surface area contributed by atoms with E-state index in [4.69, 9.17) is 0 Å². The molecule has 4 heteroatoms. The summed E-state index contributed by atoms with van der Waals surface area (Å²) in [5, 5.41) is 0. The average Bonchev–Trinajstić information content (AvgIpc) is 1.82. The van der Waals surface area contributed by atoms with Gasteiger partial charge in [0.1, 0.15) is 5.88 Å². The lowest BCUT2D eigenvalue weighted by molar-refractivity contribution is 0.210. The molecule has 3 nitrogen and oxygen atoms in total. The van der Waals surface area contributed by atoms with Crippen molar-refractivity contribution in [1.29, 1.82) is 0 Å². The number of piperidine rings is 1. The Morgan fingerprint density at radius 2 is 2.17 bits per heavy atom. The molecule has 12 heavy (non-hydrogen) atoms. The molecule has 1 rings (SSSR count). The number of nitrogens with zero attached hydrogens (tertiary/aromatic N) is 1. The van der Waals surface area contributed by atoms with Crippen molar-refractivity contribution in [3.8, 4) is 0 Å². The van der Waals surface area contributed by atoms with Gasteiger partial charge in [0.15, 0.2) is 9.84 Å². The third-order valence-electron chi connectivity index (χ3n) is 2.16. The Morgan fingerprint density at radius 1 is 1.50 bits per heavy atom. The first-order valence-electron chi connectivity index (χ1n) is 4.37. The van der Waals surface area contributed by atoms with E-state index >= 15 is 0 Å². The molecule has 1 atom stereocenters. The summed E-state index contributed by atoms with van der Waals surface area (Å²) in [5.74, 6) is 0.887. The smallest absolute Gasteiger partial charge is 0.160 e. The summed E-state index contributed by atoms with van der Waals surface area (Å²) in [6, 6.07) is 0. The first-order chi connectivity index (χ1) is 5.47. The molecule has 0 amide bonds. The highest BCUT2D eigenvalue weighted by Gasteiger charge is 2.18. The van der Waals surface area contributed by atoms with Gasteiger partial charge >= 0.3 is 0 Å². The molecule has 0 bridgehead atoms. The molecule has 0 aromatic heterocycles. The van der Waals surface area contributed by atoms with E-state index in [1.165, 1.54) is 12.7 Å². The molecule has 1 heterocycles. The predicted molar refractivity (Wildman–Crippen MR) is 49.7 cm³/mol. The molecule has 1 aliphatic rings. The van der Waals surface area contributed by atoms with Crippen molar-refractivity contribution < 1.29 is 8.42 Å². The Kier molecular flexibility index (Phi) is 3.12. The molecule has 72 valence electrons. The molecule has 0 aromatic rings. The van der Waals surface area contributed by atoms with Gasteiger partial charge in [-0.3, -0.25) is 4.90 Å². The van der Waals surface area contributed by atoms with Crippen LogP contribution in [0.1, 0.15) is 19.8 Å². The summed E-state index contributed by atoms with van der Waals surface area (Å²) in [7, 11) is -2.82. The van der Waals surface area contributed by atoms with E-state index in [2.05, 4.69) is 6.92 Å². The van der Waals surface area contributed by atoms with Crippen molar-refractivity contribution in [3.05, 3.63) is 0 Å². The second-order valence-corrected chi connectivity index (χ2v) is 5.99. The monoisotopic (exact) mass is 191 g/mol. The summed E-state index contributed by atoms with van der Waals surface area (Å²) < 4.78 is 21.9. The van der Waals surface area contributed by atoms with Gasteiger partial charge in [-0.1, -0.05) is 6.92 Å². The Balaban J connectivity index is 2.43. The standard InChI is InChI=1S/C8H17NO2S/c1-8-4-3-5-9(6-8)7-12(2,10)11/h8H,3-7H2,1-2H3. The van der Waals surface area contributed by atoms with E-state index in [1.807, 2.05) is 4.90 Å². The summed E-state index contributed by atoms with van der Waals surface area (Å²) in [4.78, 5) is 2.03. The summed E-state index contributed by atoms with van der Waals surface area (Å²) >= 11 is 0. The van der Waals surface area contributed by atoms with Gasteiger partial charge in [-0.15, -0.1) is 0 Å². The van der Waals surface area contributed by atoms with Crippen LogP contribution >= 0.6 is 0 Å². The van der Waals surface area contributed by atoms with Crippen molar-refractivity contribution in [2.75, 3.05) is 25.2 Å². The van der Waals surface area contributed by atoms with E-state index in [0.717, 1.165) is 19.5 Å². The largest absolute Gasteiger partial charge is 0.290 e. The molecule has 0 N–H and O–H groups in total. The molecule has 1 fully saturated rings. The molecule has 0 aliphatic carbocycles. The fourth-order valence-corrected chi connectivity index (χ4v) is 2.63. The van der Waals surface area contributed by atoms with E-state index in [0.29, 0.717) is 5.92 Å². The number of hydrogen-bond acceptors (Lipinski definition) is 3. The van der Waals surface area contributed by atoms with Gasteiger partial charge in [-0.05, 0) is 25.3 Å². The zero-order valence-electron chi connectivity index (χ0n) is 7.78. The fraction of sp³-hybridized carbons (Fsp3) is 1.00. The Labute approximate surface area is 74.7 Å². The van der Waals surface area contributed by atoms with Crippen LogP contribution in [0.25, 0.3) is 0 Å². The highest BCUT2D eigenvalue weighted by atomic mass is 32.2. The molecule has 1 aliphatic heterocycles. The van der Waals surface area contributed by atoms with Crippen LogP contribution in [-0.2, 0) is 9.84 Å². The SMILES string of the molecule is CC1CCCN(CS(C)(=O)=O)C1. The van der Waals surface area contributed by atoms with Crippen molar-refractivity contribution in [3.63, 3.8) is 0 Å². The van der Waals surface area contributed by atoms with Crippen molar-refractivity contribution in [2.45, 2.75) is 19.8 Å². The van der Waals surface area contributed by atoms with Crippen LogP contribution in [0, 0.1) is 5.92 Å². The number of likely N-dealkylation sites (tertiary alicyclic amines) is 1. The summed E-state index contributed by atoms with van der Waals surface area (Å²) in [6.45, 7) is 4.05. The van der Waals surface area contributed by atoms with E-state index in [-0.39, 0.29) is 5.88 Å². The van der Waals surface area contributed by atoms with Crippen LogP contribution in [0.15, 0.2) is 0 Å². The molecule has 0 radical (unpaired) electrons. The summed E-state index contributed by atoms with van der Waals surface area (Å²) in [6.07, 6.45) is 3.67. The van der Waals surface area contributed by atoms with Gasteiger partial charge < -0.3 is 0 Å². The topological polar surface area (TPSA) is 37.4 Å². The first kappa shape index (κ1) is 9.99. The van der Waals surface area contributed by atoms with E-state index in [1.54, 1.807) is 0 Å². The van der Waals surface area contributed by atoms with Gasteiger partial charge in [0.25, 0.3) is 0 Å². The minimum Gasteiger partial charge on any atom is -0.290 e. The van der Waals surface area contributed by atoms with Gasteiger partial charge in [-0.2, -0.15) is 0 Å². The Bertz CT molecular complexity index is 235. The average molecular weight is 191 g/mol. The molecule has 0 spiro atoms. The van der Waals surface area contributed by atoms with Gasteiger partial charge in [0, 0.05) is 12.8 Å². The maximum absolute atomic E-state index is 11.0. The highest BCUT2D eigenvalue weighted by molar-refractivity contribution is 7.90. The highest BCUT2D eigenvalue weighted by Crippen LogP contribution is 2.15. The quantitative estimate of drug-likeness (QED) is 0.645. The Hall–Kier alpha value is -0.0900. The lowest BCUT2D eigenvalue weighted by atomic mass is 10.0. The zero-order valence-corrected chi connectivity index (χ0v) is 8.60. The number of rotatable bonds is 2. The van der Waals surface area contributed by atoms with Crippen LogP contribution in [0.2, 0.25) is 0 Å². The van der Waals surface area contributed by atoms with Crippen LogP contribution in [0.4, 0.5) is 0 Å². The number of sulfone groups is 1. The van der Waals surface area contributed by atoms with E-state index < -0.39 is 9.84 Å². The minimum absolute atomic E-state index is 0.233. The van der Waals surface area contributed by atoms with Crippen molar-refractivity contribution in [2.24, 2.45) is 5.92 Å². The Morgan fingerprint density at radius 3 is 2.67 bits per heavy atom. The first-order valence-corrected chi connectivity index (χ1v) is 6.43. The normalized spacial score (nSPS) is 27.3. The summed E-state index contributed by atoms with van der Waals surface area (Å²) in [5.41, 5.74) is 0. The molecule has 0 saturated carbocycles. The third-order valence-corrected chi connectivity index (χ3v) is 2.99. The molecule has 1 unspecified atom stereocenters. The van der Waals surface area contributed by atoms with Crippen molar-refractivity contribution in [1.82, 2.24) is 4.90 Å². The molecule has 0 aromatic carbocycles. The van der Waals surface area contributed by atoms with E-state index in [9.17, 15) is 8.42 Å². The van der Waals surface area contributed by atoms with Gasteiger partial charge in [0.05, 0.1) is 0 Å².